The predicted molar refractivity (Wildman–Crippen MR) is 84.8 cm³/mol. The molecule has 0 aliphatic rings. The summed E-state index contributed by atoms with van der Waals surface area (Å²) in [5.74, 6) is -0.487. The van der Waals surface area contributed by atoms with E-state index >= 15 is 0 Å². The molecular formula is C18H12N2O4. The van der Waals surface area contributed by atoms with Crippen LogP contribution in [-0.2, 0) is 0 Å². The maximum absolute atomic E-state index is 12.0. The predicted octanol–water partition coefficient (Wildman–Crippen LogP) is 2.92. The lowest BCUT2D eigenvalue weighted by molar-refractivity contribution is 0.0732. The molecule has 0 fully saturated rings. The molecule has 6 nitrogen and oxygen atoms in total. The number of nitrogens with zero attached hydrogens (tertiary/aromatic N) is 2. The first kappa shape index (κ1) is 15.4. The topological polar surface area (TPSA) is 78.4 Å². The van der Waals surface area contributed by atoms with Crippen LogP contribution in [0, 0.1) is 0 Å². The number of benzene rings is 1. The molecule has 118 valence electrons. The number of carbonyl (C=O) groups is 2. The molecule has 0 aliphatic carbocycles. The zero-order valence-corrected chi connectivity index (χ0v) is 12.5. The van der Waals surface area contributed by atoms with E-state index in [0.717, 1.165) is 0 Å². The molecule has 0 amide bonds. The summed E-state index contributed by atoms with van der Waals surface area (Å²) in [5.41, 5.74) is 0.758. The van der Waals surface area contributed by atoms with Gasteiger partial charge in [0, 0.05) is 30.9 Å². The van der Waals surface area contributed by atoms with E-state index in [0.29, 0.717) is 11.1 Å². The summed E-state index contributed by atoms with van der Waals surface area (Å²) in [6.45, 7) is 0. The number of pyridine rings is 2. The minimum absolute atomic E-state index is 0.275. The first-order valence-electron chi connectivity index (χ1n) is 7.07. The number of rotatable bonds is 4. The van der Waals surface area contributed by atoms with Crippen molar-refractivity contribution in [1.29, 1.82) is 0 Å². The van der Waals surface area contributed by atoms with Crippen LogP contribution in [-0.4, -0.2) is 21.9 Å². The van der Waals surface area contributed by atoms with E-state index in [-0.39, 0.29) is 11.5 Å². The molecule has 0 bridgehead atoms. The van der Waals surface area contributed by atoms with Crippen LogP contribution in [0.15, 0.2) is 73.3 Å². The van der Waals surface area contributed by atoms with Crippen LogP contribution in [0.5, 0.6) is 11.5 Å². The van der Waals surface area contributed by atoms with E-state index < -0.39 is 11.9 Å². The monoisotopic (exact) mass is 320 g/mol. The van der Waals surface area contributed by atoms with Crippen molar-refractivity contribution in [3.63, 3.8) is 0 Å². The molecule has 0 N–H and O–H groups in total. The molecule has 0 saturated carbocycles. The third-order valence-corrected chi connectivity index (χ3v) is 3.06. The van der Waals surface area contributed by atoms with Crippen molar-refractivity contribution in [1.82, 2.24) is 9.97 Å². The third-order valence-electron chi connectivity index (χ3n) is 3.06. The Hall–Kier alpha value is -3.54. The second-order valence-electron chi connectivity index (χ2n) is 4.73. The third kappa shape index (κ3) is 3.80. The van der Waals surface area contributed by atoms with Crippen LogP contribution < -0.4 is 9.47 Å². The molecule has 24 heavy (non-hydrogen) atoms. The van der Waals surface area contributed by atoms with Crippen molar-refractivity contribution in [3.05, 3.63) is 84.4 Å². The van der Waals surface area contributed by atoms with E-state index in [1.54, 1.807) is 42.5 Å². The van der Waals surface area contributed by atoms with Crippen molar-refractivity contribution in [2.45, 2.75) is 0 Å². The van der Waals surface area contributed by atoms with Gasteiger partial charge in [-0.05, 0) is 36.4 Å². The molecule has 1 aromatic carbocycles. The van der Waals surface area contributed by atoms with Gasteiger partial charge in [-0.1, -0.05) is 6.07 Å². The minimum Gasteiger partial charge on any atom is -0.423 e. The Kier molecular flexibility index (Phi) is 4.57. The molecule has 0 atom stereocenters. The molecule has 0 radical (unpaired) electrons. The van der Waals surface area contributed by atoms with Crippen LogP contribution in [0.25, 0.3) is 0 Å². The van der Waals surface area contributed by atoms with E-state index in [9.17, 15) is 9.59 Å². The van der Waals surface area contributed by atoms with Crippen molar-refractivity contribution in [3.8, 4) is 11.5 Å². The summed E-state index contributed by atoms with van der Waals surface area (Å²) >= 11 is 0. The van der Waals surface area contributed by atoms with Gasteiger partial charge in [-0.25, -0.2) is 9.59 Å². The maximum atomic E-state index is 12.0. The van der Waals surface area contributed by atoms with Gasteiger partial charge in [-0.2, -0.15) is 0 Å². The van der Waals surface area contributed by atoms with Gasteiger partial charge in [0.15, 0.2) is 0 Å². The Bertz CT molecular complexity index is 782. The maximum Gasteiger partial charge on any atom is 0.343 e. The fraction of sp³-hybridized carbons (Fsp3) is 0. The smallest absolute Gasteiger partial charge is 0.343 e. The van der Waals surface area contributed by atoms with Crippen molar-refractivity contribution in [2.75, 3.05) is 0 Å². The Balaban J connectivity index is 1.70. The van der Waals surface area contributed by atoms with Gasteiger partial charge < -0.3 is 9.47 Å². The van der Waals surface area contributed by atoms with E-state index in [1.807, 2.05) is 0 Å². The average Bonchev–Trinajstić information content (AvgIpc) is 2.63. The van der Waals surface area contributed by atoms with E-state index in [4.69, 9.17) is 9.47 Å². The Morgan fingerprint density at radius 2 is 1.08 bits per heavy atom. The number of carbonyl (C=O) groups excluding carboxylic acids is 2. The Morgan fingerprint density at radius 1 is 0.667 bits per heavy atom. The average molecular weight is 320 g/mol. The lowest BCUT2D eigenvalue weighted by Gasteiger charge is -2.07. The molecule has 3 rings (SSSR count). The fourth-order valence-electron chi connectivity index (χ4n) is 1.91. The summed E-state index contributed by atoms with van der Waals surface area (Å²) in [6, 6.07) is 12.5. The largest absolute Gasteiger partial charge is 0.423 e. The number of ether oxygens (including phenoxy) is 2. The normalized spacial score (nSPS) is 10.0. The Labute approximate surface area is 137 Å². The fourth-order valence-corrected chi connectivity index (χ4v) is 1.91. The van der Waals surface area contributed by atoms with Gasteiger partial charge >= 0.3 is 11.9 Å². The van der Waals surface area contributed by atoms with Gasteiger partial charge in [-0.15, -0.1) is 0 Å². The number of hydrogen-bond donors (Lipinski definition) is 0. The van der Waals surface area contributed by atoms with Gasteiger partial charge in [0.25, 0.3) is 0 Å². The van der Waals surface area contributed by atoms with Crippen molar-refractivity contribution in [2.24, 2.45) is 0 Å². The standard InChI is InChI=1S/C18H12N2O4/c21-17(13-4-8-19-9-5-13)23-15-2-1-3-16(12-15)24-18(22)14-6-10-20-11-7-14/h1-12H. The molecule has 6 heteroatoms. The quantitative estimate of drug-likeness (QED) is 0.543. The summed E-state index contributed by atoms with van der Waals surface area (Å²) < 4.78 is 10.5. The lowest BCUT2D eigenvalue weighted by Crippen LogP contribution is -2.10. The number of aromatic nitrogens is 2. The summed E-state index contributed by atoms with van der Waals surface area (Å²) in [4.78, 5) is 31.7. The Morgan fingerprint density at radius 3 is 1.50 bits per heavy atom. The SMILES string of the molecule is O=C(Oc1cccc(OC(=O)c2ccncc2)c1)c1ccncc1. The van der Waals surface area contributed by atoms with Gasteiger partial charge in [0.2, 0.25) is 0 Å². The zero-order valence-electron chi connectivity index (χ0n) is 12.5. The van der Waals surface area contributed by atoms with E-state index in [1.165, 1.54) is 30.9 Å². The zero-order chi connectivity index (χ0) is 16.8. The van der Waals surface area contributed by atoms with Gasteiger partial charge in [0.05, 0.1) is 11.1 Å². The first-order valence-corrected chi connectivity index (χ1v) is 7.07. The minimum atomic E-state index is -0.519. The molecular weight excluding hydrogens is 308 g/mol. The molecule has 0 unspecified atom stereocenters. The first-order chi connectivity index (χ1) is 11.7. The van der Waals surface area contributed by atoms with Crippen molar-refractivity contribution < 1.29 is 19.1 Å². The highest BCUT2D eigenvalue weighted by Crippen LogP contribution is 2.21. The molecule has 0 aliphatic heterocycles. The summed E-state index contributed by atoms with van der Waals surface area (Å²) in [6.07, 6.45) is 6.01. The van der Waals surface area contributed by atoms with Crippen molar-refractivity contribution >= 4 is 11.9 Å². The van der Waals surface area contributed by atoms with Crippen LogP contribution in [0.3, 0.4) is 0 Å². The number of hydrogen-bond acceptors (Lipinski definition) is 6. The highest BCUT2D eigenvalue weighted by Gasteiger charge is 2.11. The van der Waals surface area contributed by atoms with Crippen LogP contribution in [0.1, 0.15) is 20.7 Å². The molecule has 2 aromatic heterocycles. The molecule has 3 aromatic rings. The molecule has 0 spiro atoms. The lowest BCUT2D eigenvalue weighted by atomic mass is 10.2. The molecule has 0 saturated heterocycles. The van der Waals surface area contributed by atoms with Crippen LogP contribution in [0.2, 0.25) is 0 Å². The van der Waals surface area contributed by atoms with Gasteiger partial charge in [0.1, 0.15) is 11.5 Å². The second-order valence-corrected chi connectivity index (χ2v) is 4.73. The highest BCUT2D eigenvalue weighted by molar-refractivity contribution is 5.91. The van der Waals surface area contributed by atoms with E-state index in [2.05, 4.69) is 9.97 Å². The number of esters is 2. The summed E-state index contributed by atoms with van der Waals surface area (Å²) in [7, 11) is 0. The van der Waals surface area contributed by atoms with Crippen LogP contribution >= 0.6 is 0 Å². The highest BCUT2D eigenvalue weighted by atomic mass is 16.5. The van der Waals surface area contributed by atoms with Gasteiger partial charge in [-0.3, -0.25) is 9.97 Å². The van der Waals surface area contributed by atoms with Crippen LogP contribution in [0.4, 0.5) is 0 Å². The summed E-state index contributed by atoms with van der Waals surface area (Å²) in [5, 5.41) is 0. The molecule has 2 heterocycles. The second kappa shape index (κ2) is 7.15.